The van der Waals surface area contributed by atoms with E-state index in [1.807, 2.05) is 0 Å². The Kier molecular flexibility index (Phi) is 9.78. The molecule has 11 nitrogen and oxygen atoms in total. The fourth-order valence-corrected chi connectivity index (χ4v) is 7.82. The summed E-state index contributed by atoms with van der Waals surface area (Å²) in [6.07, 6.45) is 13.6. The molecular weight excluding hydrogens is 501 g/mol. The fourth-order valence-electron chi connectivity index (χ4n) is 6.26. The molecule has 3 heterocycles. The van der Waals surface area contributed by atoms with E-state index in [4.69, 9.17) is 5.73 Å². The van der Waals surface area contributed by atoms with E-state index in [-0.39, 0.29) is 5.95 Å². The summed E-state index contributed by atoms with van der Waals surface area (Å²) in [5.74, 6) is 2.79. The molecule has 0 unspecified atom stereocenters. The Labute approximate surface area is 227 Å². The first-order chi connectivity index (χ1) is 18.5. The quantitative estimate of drug-likeness (QED) is 0.167. The Balaban J connectivity index is 0.963. The topological polar surface area (TPSA) is 148 Å². The van der Waals surface area contributed by atoms with Crippen LogP contribution in [0.2, 0.25) is 0 Å². The van der Waals surface area contributed by atoms with Crippen LogP contribution in [-0.4, -0.2) is 99.6 Å². The number of hydrogen-bond acceptors (Lipinski definition) is 11. The molecule has 0 spiro atoms. The van der Waals surface area contributed by atoms with Crippen LogP contribution in [0.15, 0.2) is 0 Å². The first-order valence-electron chi connectivity index (χ1n) is 14.9. The van der Waals surface area contributed by atoms with Crippen LogP contribution in [0.1, 0.15) is 64.2 Å². The van der Waals surface area contributed by atoms with E-state index in [0.29, 0.717) is 24.0 Å². The van der Waals surface area contributed by atoms with Crippen LogP contribution < -0.4 is 26.6 Å². The predicted octanol–water partition coefficient (Wildman–Crippen LogP) is 1.67. The number of aromatic nitrogens is 3. The minimum Gasteiger partial charge on any atom is -0.368 e. The van der Waals surface area contributed by atoms with Crippen LogP contribution in [0.3, 0.4) is 0 Å². The molecule has 1 aromatic rings. The summed E-state index contributed by atoms with van der Waals surface area (Å²) in [7, 11) is -2.72. The lowest BCUT2D eigenvalue weighted by Gasteiger charge is -2.33. The molecule has 1 aromatic heterocycles. The highest BCUT2D eigenvalue weighted by molar-refractivity contribution is 7.76. The molecule has 5 rings (SSSR count). The molecule has 0 aromatic carbocycles. The third-order valence-electron chi connectivity index (χ3n) is 8.76. The van der Waals surface area contributed by atoms with Gasteiger partial charge in [0.05, 0.1) is 11.6 Å². The van der Waals surface area contributed by atoms with Crippen LogP contribution in [0, 0.1) is 11.8 Å². The van der Waals surface area contributed by atoms with Crippen molar-refractivity contribution in [1.82, 2.24) is 30.5 Å². The normalized spacial score (nSPS) is 26.5. The summed E-state index contributed by atoms with van der Waals surface area (Å²) < 4.78 is 0. The number of anilines is 3. The molecule has 214 valence electrons. The molecule has 12 heteroatoms. The number of piperazine rings is 1. The Bertz CT molecular complexity index is 952. The minimum atomic E-state index is -2.72. The molecule has 2 saturated carbocycles. The van der Waals surface area contributed by atoms with Crippen LogP contribution >= 0.6 is 7.34 Å². The van der Waals surface area contributed by atoms with Crippen molar-refractivity contribution in [1.29, 1.82) is 0 Å². The molecule has 2 aliphatic carbocycles. The number of nitrogens with two attached hydrogens (primary N) is 1. The van der Waals surface area contributed by atoms with Crippen molar-refractivity contribution in [2.24, 2.45) is 11.8 Å². The van der Waals surface area contributed by atoms with Crippen molar-refractivity contribution in [3.63, 3.8) is 0 Å². The molecule has 2 aliphatic heterocycles. The molecular formula is C26H48N9O2P. The third-order valence-corrected chi connectivity index (χ3v) is 10.4. The second-order valence-corrected chi connectivity index (χ2v) is 14.0. The van der Waals surface area contributed by atoms with Crippen LogP contribution in [0.25, 0.3) is 0 Å². The number of rotatable bonds is 12. The summed E-state index contributed by atoms with van der Waals surface area (Å²) >= 11 is 0. The van der Waals surface area contributed by atoms with Crippen molar-refractivity contribution >= 4 is 30.6 Å². The van der Waals surface area contributed by atoms with Gasteiger partial charge in [0.25, 0.3) is 0 Å². The summed E-state index contributed by atoms with van der Waals surface area (Å²) in [6.45, 7) is 7.19. The second kappa shape index (κ2) is 13.2. The van der Waals surface area contributed by atoms with Crippen molar-refractivity contribution in [2.45, 2.75) is 70.3 Å². The van der Waals surface area contributed by atoms with Gasteiger partial charge in [-0.15, -0.1) is 0 Å². The first kappa shape index (κ1) is 28.1. The maximum Gasteiger partial charge on any atom is 0.232 e. The maximum absolute atomic E-state index is 9.80. The zero-order valence-electron chi connectivity index (χ0n) is 22.8. The molecule has 7 N–H and O–H groups in total. The largest absolute Gasteiger partial charge is 0.368 e. The van der Waals surface area contributed by atoms with Crippen molar-refractivity contribution in [2.75, 3.05) is 74.5 Å². The van der Waals surface area contributed by atoms with Gasteiger partial charge in [-0.25, -0.2) is 0 Å². The van der Waals surface area contributed by atoms with E-state index < -0.39 is 7.34 Å². The average molecular weight is 550 g/mol. The van der Waals surface area contributed by atoms with Gasteiger partial charge in [0.1, 0.15) is 7.34 Å². The smallest absolute Gasteiger partial charge is 0.232 e. The highest BCUT2D eigenvalue weighted by Gasteiger charge is 2.39. The molecule has 38 heavy (non-hydrogen) atoms. The van der Waals surface area contributed by atoms with E-state index in [0.717, 1.165) is 69.7 Å². The zero-order valence-corrected chi connectivity index (χ0v) is 23.7. The van der Waals surface area contributed by atoms with Gasteiger partial charge in [-0.05, 0) is 76.4 Å². The average Bonchev–Trinajstić information content (AvgIpc) is 3.58. The predicted molar refractivity (Wildman–Crippen MR) is 156 cm³/mol. The van der Waals surface area contributed by atoms with Gasteiger partial charge in [0, 0.05) is 38.8 Å². The Morgan fingerprint density at radius 2 is 1.47 bits per heavy atom. The van der Waals surface area contributed by atoms with Crippen molar-refractivity contribution < 1.29 is 9.79 Å². The lowest BCUT2D eigenvalue weighted by molar-refractivity contribution is 0.275. The molecule has 0 radical (unpaired) electrons. The summed E-state index contributed by atoms with van der Waals surface area (Å²) in [5.41, 5.74) is 6.83. The van der Waals surface area contributed by atoms with Gasteiger partial charge in [0.15, 0.2) is 0 Å². The lowest BCUT2D eigenvalue weighted by atomic mass is 9.82. The van der Waals surface area contributed by atoms with Gasteiger partial charge < -0.3 is 36.4 Å². The van der Waals surface area contributed by atoms with Gasteiger partial charge in [-0.3, -0.25) is 4.90 Å². The Hall–Kier alpha value is -1.49. The van der Waals surface area contributed by atoms with E-state index >= 15 is 0 Å². The molecule has 1 saturated heterocycles. The van der Waals surface area contributed by atoms with E-state index in [1.165, 1.54) is 64.2 Å². The lowest BCUT2D eigenvalue weighted by Crippen LogP contribution is -2.47. The first-order valence-corrected chi connectivity index (χ1v) is 16.7. The second-order valence-electron chi connectivity index (χ2n) is 11.7. The van der Waals surface area contributed by atoms with Gasteiger partial charge in [-0.1, -0.05) is 19.3 Å². The van der Waals surface area contributed by atoms with E-state index in [1.54, 1.807) is 0 Å². The Morgan fingerprint density at radius 3 is 2.16 bits per heavy atom. The molecule has 0 bridgehead atoms. The van der Waals surface area contributed by atoms with Crippen LogP contribution in [0.4, 0.5) is 17.8 Å². The monoisotopic (exact) mass is 549 g/mol. The van der Waals surface area contributed by atoms with E-state index in [9.17, 15) is 9.79 Å². The number of nitrogens with one attached hydrogen (secondary N) is 3. The van der Waals surface area contributed by atoms with Crippen LogP contribution in [0.5, 0.6) is 0 Å². The summed E-state index contributed by atoms with van der Waals surface area (Å²) in [5, 5.41) is 10.9. The molecule has 3 fully saturated rings. The van der Waals surface area contributed by atoms with Crippen LogP contribution in [-0.2, 0) is 0 Å². The number of nitrogens with zero attached hydrogens (tertiary/aromatic N) is 5. The van der Waals surface area contributed by atoms with E-state index in [2.05, 4.69) is 40.7 Å². The summed E-state index contributed by atoms with van der Waals surface area (Å²) in [4.78, 5) is 37.1. The minimum absolute atomic E-state index is 0.232. The standard InChI is InChI=1S/C26H48N9O2P/c27-24-31-25(33-26(32-24)35-15-13-34(14-16-35)23-19-38(23,36)37)30-18-21-9-7-20(8-10-21)17-28-11-4-12-29-22-5-2-1-3-6-22/h20-22,28-29,36-37H,1-19H2,(H3,27,30,31,32,33)/t20-,21-. The SMILES string of the molecule is Nc1nc(NC[C@H]2CC[C@H](CNCCCNC3CCCCC3)CC2)nc(N2CCN(C3=P(O)(O)C3)CC2)n1. The third kappa shape index (κ3) is 8.02. The summed E-state index contributed by atoms with van der Waals surface area (Å²) in [6, 6.07) is 0.766. The molecule has 0 amide bonds. The maximum atomic E-state index is 9.80. The number of nitrogen functional groups attached to an aromatic ring is 1. The highest BCUT2D eigenvalue weighted by atomic mass is 31.2. The zero-order chi connectivity index (χ0) is 26.4. The molecule has 0 atom stereocenters. The van der Waals surface area contributed by atoms with Gasteiger partial charge in [-0.2, -0.15) is 15.0 Å². The molecule has 4 aliphatic rings. The fraction of sp³-hybridized carbons (Fsp3) is 0.846. The van der Waals surface area contributed by atoms with Gasteiger partial charge >= 0.3 is 0 Å². The van der Waals surface area contributed by atoms with Gasteiger partial charge in [0.2, 0.25) is 17.8 Å². The van der Waals surface area contributed by atoms with Crippen molar-refractivity contribution in [3.05, 3.63) is 0 Å². The highest BCUT2D eigenvalue weighted by Crippen LogP contribution is 2.54. The Morgan fingerprint density at radius 1 is 0.816 bits per heavy atom. The van der Waals surface area contributed by atoms with Crippen molar-refractivity contribution in [3.8, 4) is 0 Å². The number of hydrogen-bond donors (Lipinski definition) is 6.